The number of ether oxygens (including phenoxy) is 1. The van der Waals surface area contributed by atoms with Gasteiger partial charge < -0.3 is 10.1 Å². The first-order valence-corrected chi connectivity index (χ1v) is 9.31. The molecule has 0 bridgehead atoms. The molecule has 0 saturated carbocycles. The molecule has 154 valence electrons. The summed E-state index contributed by atoms with van der Waals surface area (Å²) < 4.78 is 32.7. The molecule has 2 aromatic rings. The van der Waals surface area contributed by atoms with Gasteiger partial charge in [-0.25, -0.2) is 13.6 Å². The quantitative estimate of drug-likeness (QED) is 0.595. The van der Waals surface area contributed by atoms with Gasteiger partial charge in [-0.3, -0.25) is 4.79 Å². The van der Waals surface area contributed by atoms with Crippen LogP contribution in [0.5, 0.6) is 0 Å². The number of carbonyl (C=O) groups is 2. The largest absolute Gasteiger partial charge is 0.463 e. The fraction of sp³-hybridized carbons (Fsp3) is 0.227. The molecular formula is C22H19F2N3O3. The lowest BCUT2D eigenvalue weighted by Gasteiger charge is -2.22. The van der Waals surface area contributed by atoms with Crippen LogP contribution in [-0.2, 0) is 9.53 Å². The topological polar surface area (TPSA) is 63.0 Å². The number of rotatable bonds is 5. The van der Waals surface area contributed by atoms with Gasteiger partial charge in [-0.05, 0) is 48.7 Å². The van der Waals surface area contributed by atoms with Crippen molar-refractivity contribution < 1.29 is 23.1 Å². The summed E-state index contributed by atoms with van der Waals surface area (Å²) in [6.45, 7) is 9.76. The van der Waals surface area contributed by atoms with Crippen molar-refractivity contribution in [2.45, 2.75) is 13.3 Å². The minimum absolute atomic E-state index is 0.169. The fourth-order valence-electron chi connectivity index (χ4n) is 3.22. The Morgan fingerprint density at radius 3 is 2.43 bits per heavy atom. The molecule has 0 spiro atoms. The second kappa shape index (κ2) is 9.18. The van der Waals surface area contributed by atoms with Crippen LogP contribution in [0.4, 0.5) is 14.5 Å². The third-order valence-electron chi connectivity index (χ3n) is 4.67. The summed E-state index contributed by atoms with van der Waals surface area (Å²) in [7, 11) is 0. The molecule has 1 aliphatic heterocycles. The minimum atomic E-state index is -0.945. The molecule has 0 unspecified atom stereocenters. The summed E-state index contributed by atoms with van der Waals surface area (Å²) in [6.07, 6.45) is 0.489. The van der Waals surface area contributed by atoms with E-state index in [9.17, 15) is 18.4 Å². The Bertz CT molecular complexity index is 1020. The molecule has 1 aliphatic rings. The normalized spacial score (nSPS) is 13.6. The van der Waals surface area contributed by atoms with Crippen molar-refractivity contribution in [3.63, 3.8) is 0 Å². The zero-order valence-electron chi connectivity index (χ0n) is 16.2. The van der Waals surface area contributed by atoms with Crippen LogP contribution in [-0.4, -0.2) is 36.6 Å². The maximum absolute atomic E-state index is 13.8. The molecule has 0 radical (unpaired) electrons. The Hall–Kier alpha value is -3.73. The Morgan fingerprint density at radius 2 is 1.83 bits per heavy atom. The van der Waals surface area contributed by atoms with E-state index >= 15 is 0 Å². The minimum Gasteiger partial charge on any atom is -0.463 e. The molecule has 1 heterocycles. The van der Waals surface area contributed by atoms with Crippen molar-refractivity contribution >= 4 is 23.1 Å². The van der Waals surface area contributed by atoms with Crippen LogP contribution < -0.4 is 5.32 Å². The van der Waals surface area contributed by atoms with Crippen LogP contribution >= 0.6 is 0 Å². The van der Waals surface area contributed by atoms with E-state index in [0.717, 1.165) is 23.3 Å². The van der Waals surface area contributed by atoms with Crippen molar-refractivity contribution in [1.29, 1.82) is 0 Å². The number of benzene rings is 2. The molecule has 1 amide bonds. The van der Waals surface area contributed by atoms with Gasteiger partial charge in [0, 0.05) is 5.69 Å². The molecular weight excluding hydrogens is 392 g/mol. The molecule has 0 aliphatic carbocycles. The average Bonchev–Trinajstić information content (AvgIpc) is 2.74. The summed E-state index contributed by atoms with van der Waals surface area (Å²) in [5.41, 5.74) is 1.64. The smallest absolute Gasteiger partial charge is 0.336 e. The lowest BCUT2D eigenvalue weighted by atomic mass is 9.94. The van der Waals surface area contributed by atoms with Crippen LogP contribution in [0.1, 0.15) is 29.3 Å². The van der Waals surface area contributed by atoms with Crippen LogP contribution in [0.25, 0.3) is 10.5 Å². The second-order valence-corrected chi connectivity index (χ2v) is 6.54. The highest BCUT2D eigenvalue weighted by molar-refractivity contribution is 6.05. The Morgan fingerprint density at radius 1 is 1.17 bits per heavy atom. The van der Waals surface area contributed by atoms with Gasteiger partial charge in [0.2, 0.25) is 0 Å². The monoisotopic (exact) mass is 411 g/mol. The second-order valence-electron chi connectivity index (χ2n) is 6.54. The van der Waals surface area contributed by atoms with Gasteiger partial charge >= 0.3 is 5.97 Å². The number of hydrogen-bond acceptors (Lipinski definition) is 4. The van der Waals surface area contributed by atoms with Crippen LogP contribution in [0.3, 0.4) is 0 Å². The van der Waals surface area contributed by atoms with Gasteiger partial charge in [0.1, 0.15) is 23.7 Å². The van der Waals surface area contributed by atoms with Crippen molar-refractivity contribution in [2.75, 3.05) is 25.0 Å². The highest BCUT2D eigenvalue weighted by Crippen LogP contribution is 2.29. The maximum atomic E-state index is 13.8. The molecule has 1 N–H and O–H groups in total. The van der Waals surface area contributed by atoms with E-state index in [4.69, 9.17) is 11.3 Å². The Labute approximate surface area is 172 Å². The molecule has 30 heavy (non-hydrogen) atoms. The lowest BCUT2D eigenvalue weighted by molar-refractivity contribution is -0.138. The molecule has 0 saturated heterocycles. The highest BCUT2D eigenvalue weighted by atomic mass is 19.1. The van der Waals surface area contributed by atoms with Crippen LogP contribution in [0.15, 0.2) is 48.0 Å². The Balaban J connectivity index is 1.84. The Kier molecular flexibility index (Phi) is 6.42. The number of hydrogen-bond donors (Lipinski definition) is 1. The summed E-state index contributed by atoms with van der Waals surface area (Å²) in [5.74, 6) is -3.25. The van der Waals surface area contributed by atoms with Gasteiger partial charge in [-0.2, -0.15) is 11.5 Å². The maximum Gasteiger partial charge on any atom is 0.336 e. The predicted molar refractivity (Wildman–Crippen MR) is 107 cm³/mol. The summed E-state index contributed by atoms with van der Waals surface area (Å²) in [6, 6.07) is 9.79. The number of anilines is 1. The number of nitrogens with zero attached hydrogens (tertiary/aromatic N) is 2. The number of amides is 1. The van der Waals surface area contributed by atoms with E-state index in [1.54, 1.807) is 31.2 Å². The summed E-state index contributed by atoms with van der Waals surface area (Å²) >= 11 is 0. The standard InChI is InChI=1S/C22H19F2N3O3/c1-3-30-22(29)17-13-27(25-2)12-11-16(17)14-7-9-15(10-8-14)26-21(28)20-18(23)5-4-6-19(20)24/h4-10H,3,11-13H2,1H3,(H,26,28). The SMILES string of the molecule is [C-]#[N+]N1CCC(c2ccc(NC(=O)c3c(F)cccc3F)cc2)=C(C(=O)OCC)C1. The fourth-order valence-corrected chi connectivity index (χ4v) is 3.22. The van der Waals surface area contributed by atoms with Gasteiger partial charge in [0.15, 0.2) is 0 Å². The van der Waals surface area contributed by atoms with Crippen molar-refractivity contribution in [3.8, 4) is 0 Å². The van der Waals surface area contributed by atoms with Gasteiger partial charge in [0.25, 0.3) is 5.91 Å². The zero-order valence-corrected chi connectivity index (χ0v) is 16.2. The first-order valence-electron chi connectivity index (χ1n) is 9.31. The molecule has 8 heteroatoms. The first kappa shape index (κ1) is 21.0. The molecule has 0 aromatic heterocycles. The highest BCUT2D eigenvalue weighted by Gasteiger charge is 2.27. The first-order chi connectivity index (χ1) is 14.4. The van der Waals surface area contributed by atoms with E-state index in [0.29, 0.717) is 24.2 Å². The molecule has 0 fully saturated rings. The van der Waals surface area contributed by atoms with E-state index in [2.05, 4.69) is 10.3 Å². The van der Waals surface area contributed by atoms with Crippen molar-refractivity contribution in [1.82, 2.24) is 5.01 Å². The number of halogens is 2. The van der Waals surface area contributed by atoms with Gasteiger partial charge in [-0.1, -0.05) is 18.2 Å². The third kappa shape index (κ3) is 4.46. The number of carbonyl (C=O) groups excluding carboxylic acids is 2. The van der Waals surface area contributed by atoms with E-state index in [1.807, 2.05) is 0 Å². The molecule has 2 aromatic carbocycles. The summed E-state index contributed by atoms with van der Waals surface area (Å²) in [4.78, 5) is 28.0. The molecule has 0 atom stereocenters. The van der Waals surface area contributed by atoms with E-state index in [1.165, 1.54) is 11.1 Å². The van der Waals surface area contributed by atoms with Gasteiger partial charge in [-0.15, -0.1) is 5.01 Å². The summed E-state index contributed by atoms with van der Waals surface area (Å²) in [5, 5.41) is 3.93. The van der Waals surface area contributed by atoms with E-state index in [-0.39, 0.29) is 13.2 Å². The van der Waals surface area contributed by atoms with Crippen LogP contribution in [0.2, 0.25) is 0 Å². The van der Waals surface area contributed by atoms with Crippen molar-refractivity contribution in [2.24, 2.45) is 0 Å². The van der Waals surface area contributed by atoms with Gasteiger partial charge in [0.05, 0.1) is 18.7 Å². The number of esters is 1. The van der Waals surface area contributed by atoms with Crippen molar-refractivity contribution in [3.05, 3.63) is 82.3 Å². The number of nitrogens with one attached hydrogen (secondary N) is 1. The lowest BCUT2D eigenvalue weighted by Crippen LogP contribution is -2.29. The van der Waals surface area contributed by atoms with E-state index < -0.39 is 29.1 Å². The zero-order chi connectivity index (χ0) is 21.7. The third-order valence-corrected chi connectivity index (χ3v) is 4.67. The molecule has 6 nitrogen and oxygen atoms in total. The average molecular weight is 411 g/mol. The predicted octanol–water partition coefficient (Wildman–Crippen LogP) is 4.07. The van der Waals surface area contributed by atoms with Crippen LogP contribution in [0, 0.1) is 18.2 Å². The molecule has 3 rings (SSSR count).